The smallest absolute Gasteiger partial charge is 0.258 e. The second-order valence-corrected chi connectivity index (χ2v) is 8.32. The fraction of sp³-hybridized carbons (Fsp3) is 0.526. The summed E-state index contributed by atoms with van der Waals surface area (Å²) in [6.07, 6.45) is 3.46. The van der Waals surface area contributed by atoms with Crippen molar-refractivity contribution in [2.75, 3.05) is 19.8 Å². The number of hydrogen-bond acceptors (Lipinski definition) is 6. The molecule has 4 fully saturated rings. The van der Waals surface area contributed by atoms with E-state index >= 15 is 0 Å². The van der Waals surface area contributed by atoms with Crippen LogP contribution in [0.4, 0.5) is 0 Å². The van der Waals surface area contributed by atoms with Crippen LogP contribution in [0.2, 0.25) is 5.02 Å². The number of carbonyl (C=O) groups excluding carboxylic acids is 1. The number of rotatable bonds is 6. The van der Waals surface area contributed by atoms with Crippen LogP contribution in [0.5, 0.6) is 5.75 Å². The van der Waals surface area contributed by atoms with Crippen molar-refractivity contribution >= 4 is 17.5 Å². The first-order valence-corrected chi connectivity index (χ1v) is 9.55. The Morgan fingerprint density at radius 3 is 2.74 bits per heavy atom. The molecule has 7 nitrogen and oxygen atoms in total. The molecule has 3 saturated carbocycles. The Kier molecular flexibility index (Phi) is 3.91. The number of halogens is 1. The highest BCUT2D eigenvalue weighted by Gasteiger charge is 2.71. The van der Waals surface area contributed by atoms with Crippen LogP contribution in [0, 0.1) is 0 Å². The predicted molar refractivity (Wildman–Crippen MR) is 95.8 cm³/mol. The van der Waals surface area contributed by atoms with Gasteiger partial charge >= 0.3 is 0 Å². The zero-order chi connectivity index (χ0) is 18.5. The molecule has 4 aliphatic rings. The molecule has 8 heteroatoms. The lowest BCUT2D eigenvalue weighted by molar-refractivity contribution is -0.143. The molecule has 0 unspecified atom stereocenters. The lowest BCUT2D eigenvalue weighted by Crippen LogP contribution is -2.77. The summed E-state index contributed by atoms with van der Waals surface area (Å²) in [7, 11) is 0. The highest BCUT2D eigenvalue weighted by Crippen LogP contribution is 2.67. The molecule has 3 aliphatic carbocycles. The topological polar surface area (TPSA) is 86.5 Å². The summed E-state index contributed by atoms with van der Waals surface area (Å²) in [5.74, 6) is 2.11. The van der Waals surface area contributed by atoms with Gasteiger partial charge in [0.05, 0.1) is 17.9 Å². The van der Waals surface area contributed by atoms with Gasteiger partial charge in [-0.1, -0.05) is 11.6 Å². The van der Waals surface area contributed by atoms with Crippen LogP contribution >= 0.6 is 11.6 Å². The number of benzene rings is 1. The Labute approximate surface area is 161 Å². The first-order valence-electron chi connectivity index (χ1n) is 9.17. The van der Waals surface area contributed by atoms with Crippen molar-refractivity contribution in [2.45, 2.75) is 42.6 Å². The number of nitrogens with one attached hydrogen (secondary N) is 1. The fourth-order valence-corrected chi connectivity index (χ4v) is 4.63. The average Bonchev–Trinajstić information content (AvgIpc) is 3.27. The molecule has 2 aromatic rings. The number of aromatic nitrogens is 2. The molecule has 1 N–H and O–H groups in total. The van der Waals surface area contributed by atoms with Gasteiger partial charge in [-0.2, -0.15) is 0 Å². The molecule has 1 saturated heterocycles. The normalized spacial score (nSPS) is 31.1. The minimum Gasteiger partial charge on any atom is -0.484 e. The van der Waals surface area contributed by atoms with E-state index < -0.39 is 0 Å². The van der Waals surface area contributed by atoms with E-state index in [0.717, 1.165) is 32.3 Å². The quantitative estimate of drug-likeness (QED) is 0.817. The van der Waals surface area contributed by atoms with Gasteiger partial charge in [0.2, 0.25) is 11.8 Å². The third kappa shape index (κ3) is 2.99. The van der Waals surface area contributed by atoms with E-state index in [0.29, 0.717) is 29.2 Å². The van der Waals surface area contributed by atoms with E-state index in [2.05, 4.69) is 15.5 Å². The molecular weight excluding hydrogens is 370 g/mol. The van der Waals surface area contributed by atoms with E-state index in [1.165, 1.54) is 0 Å². The third-order valence-electron chi connectivity index (χ3n) is 5.79. The molecule has 0 radical (unpaired) electrons. The Morgan fingerprint density at radius 1 is 1.26 bits per heavy atom. The largest absolute Gasteiger partial charge is 0.484 e. The standard InChI is InChI=1S/C19H20ClN3O4/c20-13-1-3-14(4-2-13)26-8-15(24)21-19-9-18(10-19,11-19)17-23-22-16(27-17)12-5-6-25-7-12/h1-4,12H,5-11H2,(H,21,24)/t12-,18?,19?/m1/s1. The summed E-state index contributed by atoms with van der Waals surface area (Å²) >= 11 is 5.84. The minimum atomic E-state index is -0.147. The van der Waals surface area contributed by atoms with Crippen LogP contribution in [-0.4, -0.2) is 41.5 Å². The number of nitrogens with zero attached hydrogens (tertiary/aromatic N) is 2. The molecule has 1 aromatic carbocycles. The van der Waals surface area contributed by atoms with Gasteiger partial charge < -0.3 is 19.2 Å². The van der Waals surface area contributed by atoms with E-state index in [4.69, 9.17) is 25.5 Å². The second-order valence-electron chi connectivity index (χ2n) is 7.89. The summed E-state index contributed by atoms with van der Waals surface area (Å²) < 4.78 is 16.8. The maximum atomic E-state index is 12.2. The first kappa shape index (κ1) is 17.0. The third-order valence-corrected chi connectivity index (χ3v) is 6.04. The van der Waals surface area contributed by atoms with Crippen LogP contribution in [0.1, 0.15) is 43.4 Å². The van der Waals surface area contributed by atoms with Gasteiger partial charge in [0.25, 0.3) is 5.91 Å². The molecule has 1 atom stereocenters. The van der Waals surface area contributed by atoms with Crippen LogP contribution in [0.3, 0.4) is 0 Å². The van der Waals surface area contributed by atoms with E-state index in [-0.39, 0.29) is 29.4 Å². The molecule has 0 spiro atoms. The zero-order valence-electron chi connectivity index (χ0n) is 14.7. The Bertz CT molecular complexity index is 840. The lowest BCUT2D eigenvalue weighted by atomic mass is 9.39. The summed E-state index contributed by atoms with van der Waals surface area (Å²) in [6.45, 7) is 1.39. The predicted octanol–water partition coefficient (Wildman–Crippen LogP) is 2.60. The SMILES string of the molecule is O=C(COc1ccc(Cl)cc1)NC12CC(c3nnc([C@@H]4CCOC4)o3)(C1)C2. The maximum absolute atomic E-state index is 12.2. The van der Waals surface area contributed by atoms with Gasteiger partial charge in [0.1, 0.15) is 5.75 Å². The van der Waals surface area contributed by atoms with Gasteiger partial charge in [-0.25, -0.2) is 0 Å². The molecule has 1 amide bonds. The van der Waals surface area contributed by atoms with Crippen molar-refractivity contribution in [3.63, 3.8) is 0 Å². The van der Waals surface area contributed by atoms with Crippen molar-refractivity contribution in [3.05, 3.63) is 41.1 Å². The van der Waals surface area contributed by atoms with Crippen molar-refractivity contribution in [3.8, 4) is 5.75 Å². The van der Waals surface area contributed by atoms with Crippen LogP contribution < -0.4 is 10.1 Å². The van der Waals surface area contributed by atoms with Crippen molar-refractivity contribution in [1.82, 2.24) is 15.5 Å². The summed E-state index contributed by atoms with van der Waals surface area (Å²) in [5, 5.41) is 12.2. The number of hydrogen-bond donors (Lipinski definition) is 1. The van der Waals surface area contributed by atoms with Gasteiger partial charge in [0, 0.05) is 17.2 Å². The molecular formula is C19H20ClN3O4. The molecule has 1 aliphatic heterocycles. The van der Waals surface area contributed by atoms with Crippen molar-refractivity contribution in [1.29, 1.82) is 0 Å². The van der Waals surface area contributed by atoms with Crippen LogP contribution in [-0.2, 0) is 14.9 Å². The molecule has 6 rings (SSSR count). The van der Waals surface area contributed by atoms with Crippen molar-refractivity contribution in [2.24, 2.45) is 0 Å². The molecule has 27 heavy (non-hydrogen) atoms. The molecule has 2 bridgehead atoms. The van der Waals surface area contributed by atoms with E-state index in [1.54, 1.807) is 24.3 Å². The Balaban J connectivity index is 1.13. The van der Waals surface area contributed by atoms with E-state index in [9.17, 15) is 4.79 Å². The summed E-state index contributed by atoms with van der Waals surface area (Å²) in [5.41, 5.74) is -0.208. The number of carbonyl (C=O) groups is 1. The zero-order valence-corrected chi connectivity index (χ0v) is 15.5. The van der Waals surface area contributed by atoms with Gasteiger partial charge in [-0.05, 0) is 49.9 Å². The summed E-state index contributed by atoms with van der Waals surface area (Å²) in [6, 6.07) is 6.95. The highest BCUT2D eigenvalue weighted by molar-refractivity contribution is 6.30. The second kappa shape index (κ2) is 6.21. The average molecular weight is 390 g/mol. The first-order chi connectivity index (χ1) is 13.1. The van der Waals surface area contributed by atoms with Gasteiger partial charge in [-0.3, -0.25) is 4.79 Å². The van der Waals surface area contributed by atoms with Crippen LogP contribution in [0.25, 0.3) is 0 Å². The Hall–Kier alpha value is -2.12. The Morgan fingerprint density at radius 2 is 2.04 bits per heavy atom. The van der Waals surface area contributed by atoms with Crippen LogP contribution in [0.15, 0.2) is 28.7 Å². The number of ether oxygens (including phenoxy) is 2. The molecule has 1 aromatic heterocycles. The number of amides is 1. The van der Waals surface area contributed by atoms with Crippen molar-refractivity contribution < 1.29 is 18.7 Å². The maximum Gasteiger partial charge on any atom is 0.258 e. The van der Waals surface area contributed by atoms with E-state index in [1.807, 2.05) is 0 Å². The molecule has 2 heterocycles. The monoisotopic (exact) mass is 389 g/mol. The van der Waals surface area contributed by atoms with Gasteiger partial charge in [0.15, 0.2) is 6.61 Å². The summed E-state index contributed by atoms with van der Waals surface area (Å²) in [4.78, 5) is 12.2. The highest BCUT2D eigenvalue weighted by atomic mass is 35.5. The fourth-order valence-electron chi connectivity index (χ4n) is 4.50. The minimum absolute atomic E-state index is 0.0111. The molecule has 142 valence electrons. The van der Waals surface area contributed by atoms with Gasteiger partial charge in [-0.15, -0.1) is 10.2 Å². The lowest BCUT2D eigenvalue weighted by Gasteiger charge is -2.68.